The number of hydrogen-bond acceptors (Lipinski definition) is 10. The smallest absolute Gasteiger partial charge is 0.226 e. The van der Waals surface area contributed by atoms with E-state index < -0.39 is 11.6 Å². The Kier molecular flexibility index (Phi) is 6.31. The van der Waals surface area contributed by atoms with Gasteiger partial charge >= 0.3 is 0 Å². The topological polar surface area (TPSA) is 107 Å². The van der Waals surface area contributed by atoms with E-state index in [-0.39, 0.29) is 50.6 Å². The van der Waals surface area contributed by atoms with Crippen molar-refractivity contribution < 1.29 is 13.5 Å². The van der Waals surface area contributed by atoms with Crippen molar-refractivity contribution in [2.24, 2.45) is 0 Å². The molecule has 0 aliphatic carbocycles. The number of nitriles is 1. The third-order valence-corrected chi connectivity index (χ3v) is 10.0. The molecule has 4 aromatic rings. The fourth-order valence-corrected chi connectivity index (χ4v) is 7.64. The molecule has 3 aliphatic rings. The molecule has 1 aromatic carbocycles. The Hall–Kier alpha value is -3.50. The van der Waals surface area contributed by atoms with Gasteiger partial charge in [-0.3, -0.25) is 9.88 Å². The van der Waals surface area contributed by atoms with E-state index in [0.29, 0.717) is 35.0 Å². The fraction of sp³-hybridized carbons (Fsp3) is 0.448. The molecule has 0 radical (unpaired) electrons. The summed E-state index contributed by atoms with van der Waals surface area (Å²) in [7, 11) is 2.17. The van der Waals surface area contributed by atoms with Crippen LogP contribution in [-0.4, -0.2) is 76.1 Å². The molecule has 3 atom stereocenters. The van der Waals surface area contributed by atoms with Gasteiger partial charge in [-0.1, -0.05) is 0 Å². The molecule has 0 saturated carbocycles. The number of nitrogens with zero attached hydrogens (tertiary/aromatic N) is 7. The maximum Gasteiger partial charge on any atom is 0.226 e. The second kappa shape index (κ2) is 9.80. The van der Waals surface area contributed by atoms with Crippen LogP contribution in [0.2, 0.25) is 0 Å². The van der Waals surface area contributed by atoms with Crippen molar-refractivity contribution in [1.82, 2.24) is 24.8 Å². The number of nitrogens with two attached hydrogens (primary N) is 1. The SMILES string of the molecule is C[C@@H]1CN([C@H]2CCN(c3ncc4c5c(c(-c6ncc(F)c7sc(N)c(C#N)c67)c(F)c4n3)COC5)C2)[C@@H](C)CN1C. The fourth-order valence-electron chi connectivity index (χ4n) is 6.72. The standard InChI is InChI=1S/C29H30F2N8OS/c1-14-10-39(15(2)9-37(14)3)16-4-5-38(11-16)29-35-7-18-19-12-40-13-20(19)22(24(31)25(18)36-29)26-23-17(6-32)28(33)41-27(23)21(30)8-34-26/h7-8,14-16H,4-5,9-13,33H2,1-3H3/t14-,15+,16+/m1/s1. The first-order valence-corrected chi connectivity index (χ1v) is 14.6. The number of nitrogen functional groups attached to an aromatic ring is 1. The van der Waals surface area contributed by atoms with Gasteiger partial charge in [0.15, 0.2) is 11.6 Å². The molecular formula is C29H30F2N8OS. The number of benzene rings is 1. The lowest BCUT2D eigenvalue weighted by molar-refractivity contribution is 0.0343. The summed E-state index contributed by atoms with van der Waals surface area (Å²) < 4.78 is 37.3. The molecule has 2 fully saturated rings. The third-order valence-electron chi connectivity index (χ3n) is 8.99. The van der Waals surface area contributed by atoms with Gasteiger partial charge in [0.1, 0.15) is 16.6 Å². The second-order valence-corrected chi connectivity index (χ2v) is 12.5. The Morgan fingerprint density at radius 2 is 1.90 bits per heavy atom. The Morgan fingerprint density at radius 3 is 2.71 bits per heavy atom. The first kappa shape index (κ1) is 26.4. The van der Waals surface area contributed by atoms with Gasteiger partial charge in [0, 0.05) is 66.8 Å². The monoisotopic (exact) mass is 576 g/mol. The Morgan fingerprint density at radius 1 is 1.10 bits per heavy atom. The van der Waals surface area contributed by atoms with E-state index in [1.54, 1.807) is 6.20 Å². The predicted octanol–water partition coefficient (Wildman–Crippen LogP) is 4.27. The number of aromatic nitrogens is 3. The van der Waals surface area contributed by atoms with Crippen LogP contribution in [0.1, 0.15) is 37.0 Å². The maximum absolute atomic E-state index is 16.6. The summed E-state index contributed by atoms with van der Waals surface area (Å²) in [6.07, 6.45) is 3.72. The molecule has 6 heterocycles. The van der Waals surface area contributed by atoms with Crippen LogP contribution in [0.4, 0.5) is 19.7 Å². The number of likely N-dealkylation sites (N-methyl/N-ethyl adjacent to an activating group) is 1. The molecule has 41 heavy (non-hydrogen) atoms. The summed E-state index contributed by atoms with van der Waals surface area (Å²) in [5.74, 6) is -0.708. The highest BCUT2D eigenvalue weighted by molar-refractivity contribution is 7.23. The van der Waals surface area contributed by atoms with Crippen molar-refractivity contribution in [1.29, 1.82) is 5.26 Å². The zero-order valence-corrected chi connectivity index (χ0v) is 23.9. The highest BCUT2D eigenvalue weighted by Gasteiger charge is 2.36. The molecule has 2 N–H and O–H groups in total. The number of piperazine rings is 1. The number of ether oxygens (including phenoxy) is 1. The molecule has 2 saturated heterocycles. The molecule has 0 spiro atoms. The quantitative estimate of drug-likeness (QED) is 0.383. The van der Waals surface area contributed by atoms with E-state index in [9.17, 15) is 9.65 Å². The second-order valence-electron chi connectivity index (χ2n) is 11.4. The summed E-state index contributed by atoms with van der Waals surface area (Å²) >= 11 is 0.961. The van der Waals surface area contributed by atoms with Crippen molar-refractivity contribution >= 4 is 43.3 Å². The average Bonchev–Trinajstić information content (AvgIpc) is 3.71. The number of anilines is 2. The number of halogens is 2. The largest absolute Gasteiger partial charge is 0.389 e. The van der Waals surface area contributed by atoms with Gasteiger partial charge in [0.05, 0.1) is 35.4 Å². The van der Waals surface area contributed by atoms with Crippen LogP contribution in [0.3, 0.4) is 0 Å². The minimum absolute atomic E-state index is 0.0955. The third kappa shape index (κ3) is 4.06. The Labute approximate surface area is 240 Å². The van der Waals surface area contributed by atoms with E-state index in [1.807, 2.05) is 0 Å². The number of rotatable bonds is 3. The van der Waals surface area contributed by atoms with Crippen LogP contribution in [-0.2, 0) is 18.0 Å². The van der Waals surface area contributed by atoms with Gasteiger partial charge in [-0.2, -0.15) is 5.26 Å². The summed E-state index contributed by atoms with van der Waals surface area (Å²) in [6, 6.07) is 3.36. The van der Waals surface area contributed by atoms with E-state index in [1.165, 1.54) is 0 Å². The van der Waals surface area contributed by atoms with Crippen molar-refractivity contribution in [2.45, 2.75) is 51.6 Å². The zero-order valence-electron chi connectivity index (χ0n) is 23.1. The van der Waals surface area contributed by atoms with E-state index in [4.69, 9.17) is 15.5 Å². The van der Waals surface area contributed by atoms with Gasteiger partial charge in [-0.15, -0.1) is 11.3 Å². The van der Waals surface area contributed by atoms with E-state index >= 15 is 4.39 Å². The van der Waals surface area contributed by atoms with Crippen LogP contribution in [0, 0.1) is 23.0 Å². The molecule has 3 aromatic heterocycles. The molecule has 7 rings (SSSR count). The van der Waals surface area contributed by atoms with Crippen LogP contribution in [0.5, 0.6) is 0 Å². The van der Waals surface area contributed by atoms with Gasteiger partial charge in [0.25, 0.3) is 0 Å². The molecule has 0 bridgehead atoms. The molecular weight excluding hydrogens is 546 g/mol. The van der Waals surface area contributed by atoms with Crippen LogP contribution in [0.25, 0.3) is 32.2 Å². The van der Waals surface area contributed by atoms with Gasteiger partial charge in [-0.25, -0.2) is 18.7 Å². The molecule has 12 heteroatoms. The Bertz CT molecular complexity index is 1750. The lowest BCUT2D eigenvalue weighted by Gasteiger charge is -2.45. The lowest BCUT2D eigenvalue weighted by Crippen LogP contribution is -2.58. The summed E-state index contributed by atoms with van der Waals surface area (Å²) in [5.41, 5.74) is 8.05. The Balaban J connectivity index is 1.32. The molecule has 0 amide bonds. The summed E-state index contributed by atoms with van der Waals surface area (Å²) in [6.45, 7) is 8.56. The van der Waals surface area contributed by atoms with E-state index in [2.05, 4.69) is 51.6 Å². The number of thiophene rings is 1. The lowest BCUT2D eigenvalue weighted by atomic mass is 9.94. The minimum Gasteiger partial charge on any atom is -0.389 e. The molecule has 3 aliphatic heterocycles. The van der Waals surface area contributed by atoms with Crippen LogP contribution >= 0.6 is 11.3 Å². The van der Waals surface area contributed by atoms with Gasteiger partial charge in [-0.05, 0) is 38.4 Å². The molecule has 212 valence electrons. The number of fused-ring (bicyclic) bond motifs is 4. The van der Waals surface area contributed by atoms with Crippen LogP contribution in [0.15, 0.2) is 12.4 Å². The highest BCUT2D eigenvalue weighted by Crippen LogP contribution is 2.45. The van der Waals surface area contributed by atoms with Gasteiger partial charge < -0.3 is 20.3 Å². The first-order chi connectivity index (χ1) is 19.8. The van der Waals surface area contributed by atoms with Crippen molar-refractivity contribution in [3.8, 4) is 17.3 Å². The average molecular weight is 577 g/mol. The minimum atomic E-state index is -0.603. The summed E-state index contributed by atoms with van der Waals surface area (Å²) in [4.78, 5) is 20.8. The maximum atomic E-state index is 16.6. The highest BCUT2D eigenvalue weighted by atomic mass is 32.1. The van der Waals surface area contributed by atoms with Gasteiger partial charge in [0.2, 0.25) is 5.95 Å². The number of pyridine rings is 1. The molecule has 9 nitrogen and oxygen atoms in total. The van der Waals surface area contributed by atoms with Crippen molar-refractivity contribution in [3.63, 3.8) is 0 Å². The van der Waals surface area contributed by atoms with Crippen molar-refractivity contribution in [3.05, 3.63) is 40.7 Å². The predicted molar refractivity (Wildman–Crippen MR) is 155 cm³/mol. The van der Waals surface area contributed by atoms with Crippen molar-refractivity contribution in [2.75, 3.05) is 43.9 Å². The summed E-state index contributed by atoms with van der Waals surface area (Å²) in [5, 5.41) is 10.8. The molecule has 0 unspecified atom stereocenters. The zero-order chi connectivity index (χ0) is 28.6. The van der Waals surface area contributed by atoms with E-state index in [0.717, 1.165) is 55.7 Å². The normalized spacial score (nSPS) is 23.5. The number of hydrogen-bond donors (Lipinski definition) is 1. The van der Waals surface area contributed by atoms with Crippen LogP contribution < -0.4 is 10.6 Å². The first-order valence-electron chi connectivity index (χ1n) is 13.8.